The molecule has 9 heteroatoms. The van der Waals surface area contributed by atoms with E-state index in [1.165, 1.54) is 13.8 Å². The van der Waals surface area contributed by atoms with E-state index >= 15 is 0 Å². The summed E-state index contributed by atoms with van der Waals surface area (Å²) in [5.74, 6) is -3.79. The molecule has 0 saturated carbocycles. The maximum absolute atomic E-state index is 13.2. The number of rotatable bonds is 6. The van der Waals surface area contributed by atoms with Gasteiger partial charge < -0.3 is 24.5 Å². The summed E-state index contributed by atoms with van der Waals surface area (Å²) in [5.41, 5.74) is -2.14. The molecule has 9 atom stereocenters. The van der Waals surface area contributed by atoms with Gasteiger partial charge in [-0.3, -0.25) is 14.0 Å². The standard InChI is InChI=1S/C26H46FNO7/c1-10-20-26(8,32)23(30)17(4)21(28-34-13-11-12-27)15(2)14-25(7,33-9)19(6)16(3)22(29)18(5)24(31)35-20/h15-20,23,30,32H,10-14H2,1-9H3/t15-,16-,17+,18-,19-,20-,23-,25-,26-/m1/s1. The quantitative estimate of drug-likeness (QED) is 0.246. The van der Waals surface area contributed by atoms with Gasteiger partial charge in [-0.15, -0.1) is 0 Å². The Bertz CT molecular complexity index is 743. The molecule has 0 spiro atoms. The first kappa shape index (κ1) is 31.4. The zero-order valence-corrected chi connectivity index (χ0v) is 22.8. The number of ketones is 1. The highest BCUT2D eigenvalue weighted by Crippen LogP contribution is 2.38. The Morgan fingerprint density at radius 1 is 1.14 bits per heavy atom. The lowest BCUT2D eigenvalue weighted by atomic mass is 9.71. The SMILES string of the molecule is CC[C@H]1OC(=O)[C@H](C)C(=O)[C@H](C)[C@@H](C)[C@](C)(OC)C[C@@H](C)C(=NOCCCF)[C@H](C)[C@@H](O)[C@]1(C)O. The lowest BCUT2D eigenvalue weighted by molar-refractivity contribution is -0.187. The molecule has 0 aromatic rings. The number of Topliss-reactive ketones (excluding diaryl/α,β-unsaturated/α-hetero) is 1. The number of carbonyl (C=O) groups excluding carboxylic acids is 2. The number of nitrogens with zero attached hydrogens (tertiary/aromatic N) is 1. The smallest absolute Gasteiger partial charge is 0.316 e. The average Bonchev–Trinajstić information content (AvgIpc) is 2.83. The summed E-state index contributed by atoms with van der Waals surface area (Å²) in [6.07, 6.45) is -1.58. The number of aliphatic hydroxyl groups excluding tert-OH is 1. The summed E-state index contributed by atoms with van der Waals surface area (Å²) in [5, 5.41) is 26.8. The Hall–Kier alpha value is -1.58. The summed E-state index contributed by atoms with van der Waals surface area (Å²) in [6.45, 7) is 13.4. The van der Waals surface area contributed by atoms with Crippen molar-refractivity contribution in [2.75, 3.05) is 20.4 Å². The van der Waals surface area contributed by atoms with Gasteiger partial charge in [0, 0.05) is 31.3 Å². The van der Waals surface area contributed by atoms with Crippen molar-refractivity contribution in [3.05, 3.63) is 0 Å². The van der Waals surface area contributed by atoms with Crippen molar-refractivity contribution in [2.24, 2.45) is 34.7 Å². The molecule has 0 bridgehead atoms. The van der Waals surface area contributed by atoms with Crippen LogP contribution in [0.4, 0.5) is 4.39 Å². The number of cyclic esters (lactones) is 1. The summed E-state index contributed by atoms with van der Waals surface area (Å²) < 4.78 is 24.1. The molecule has 0 aromatic carbocycles. The monoisotopic (exact) mass is 503 g/mol. The molecule has 1 aliphatic rings. The van der Waals surface area contributed by atoms with Crippen molar-refractivity contribution >= 4 is 17.5 Å². The topological polar surface area (TPSA) is 115 Å². The molecule has 0 aromatic heterocycles. The van der Waals surface area contributed by atoms with Gasteiger partial charge in [0.05, 0.1) is 24.1 Å². The Morgan fingerprint density at radius 3 is 2.26 bits per heavy atom. The Labute approximate surface area is 209 Å². The van der Waals surface area contributed by atoms with Crippen molar-refractivity contribution in [1.82, 2.24) is 0 Å². The minimum atomic E-state index is -1.83. The maximum Gasteiger partial charge on any atom is 0.316 e. The molecule has 1 saturated heterocycles. The van der Waals surface area contributed by atoms with Gasteiger partial charge >= 0.3 is 5.97 Å². The second-order valence-electron chi connectivity index (χ2n) is 10.5. The van der Waals surface area contributed by atoms with E-state index in [0.717, 1.165) is 0 Å². The predicted molar refractivity (Wildman–Crippen MR) is 132 cm³/mol. The van der Waals surface area contributed by atoms with Crippen molar-refractivity contribution in [3.63, 3.8) is 0 Å². The van der Waals surface area contributed by atoms with E-state index in [1.54, 1.807) is 27.9 Å². The Morgan fingerprint density at radius 2 is 1.74 bits per heavy atom. The molecule has 1 aliphatic heterocycles. The number of aliphatic hydroxyl groups is 2. The minimum absolute atomic E-state index is 0.0719. The van der Waals surface area contributed by atoms with Crippen LogP contribution >= 0.6 is 0 Å². The summed E-state index contributed by atoms with van der Waals surface area (Å²) in [7, 11) is 1.57. The first-order valence-corrected chi connectivity index (χ1v) is 12.6. The second-order valence-corrected chi connectivity index (χ2v) is 10.5. The lowest BCUT2D eigenvalue weighted by Gasteiger charge is -2.43. The molecule has 1 fully saturated rings. The maximum atomic E-state index is 13.2. The third-order valence-electron chi connectivity index (χ3n) is 7.98. The molecule has 8 nitrogen and oxygen atoms in total. The molecule has 0 radical (unpaired) electrons. The van der Waals surface area contributed by atoms with Crippen LogP contribution in [0.5, 0.6) is 0 Å². The lowest BCUT2D eigenvalue weighted by Crippen LogP contribution is -2.56. The van der Waals surface area contributed by atoms with Crippen molar-refractivity contribution in [1.29, 1.82) is 0 Å². The van der Waals surface area contributed by atoms with Gasteiger partial charge in [-0.05, 0) is 39.5 Å². The largest absolute Gasteiger partial charge is 0.459 e. The van der Waals surface area contributed by atoms with Gasteiger partial charge in [-0.25, -0.2) is 0 Å². The van der Waals surface area contributed by atoms with Crippen molar-refractivity contribution in [2.45, 2.75) is 98.1 Å². The number of methoxy groups -OCH3 is 1. The third kappa shape index (κ3) is 7.23. The molecule has 1 rings (SSSR count). The molecular formula is C26H46FNO7. The number of oxime groups is 1. The number of esters is 1. The van der Waals surface area contributed by atoms with Crippen LogP contribution in [-0.2, 0) is 23.9 Å². The van der Waals surface area contributed by atoms with E-state index in [0.29, 0.717) is 12.1 Å². The van der Waals surface area contributed by atoms with Crippen LogP contribution in [0, 0.1) is 29.6 Å². The van der Waals surface area contributed by atoms with Crippen LogP contribution in [0.3, 0.4) is 0 Å². The molecular weight excluding hydrogens is 457 g/mol. The first-order valence-electron chi connectivity index (χ1n) is 12.6. The summed E-state index contributed by atoms with van der Waals surface area (Å²) >= 11 is 0. The molecule has 0 aliphatic carbocycles. The van der Waals surface area contributed by atoms with E-state index < -0.39 is 53.8 Å². The number of hydrogen-bond acceptors (Lipinski definition) is 8. The fourth-order valence-corrected chi connectivity index (χ4v) is 5.03. The van der Waals surface area contributed by atoms with E-state index in [-0.39, 0.29) is 37.1 Å². The average molecular weight is 504 g/mol. The first-order chi connectivity index (χ1) is 16.2. The second kappa shape index (κ2) is 13.1. The number of alkyl halides is 1. The van der Waals surface area contributed by atoms with Crippen LogP contribution in [-0.4, -0.2) is 71.5 Å². The molecule has 2 N–H and O–H groups in total. The Balaban J connectivity index is 3.61. The highest BCUT2D eigenvalue weighted by atomic mass is 19.1. The third-order valence-corrected chi connectivity index (χ3v) is 7.98. The van der Waals surface area contributed by atoms with E-state index in [2.05, 4.69) is 5.16 Å². The number of ether oxygens (including phenoxy) is 2. The normalized spacial score (nSPS) is 41.4. The number of halogens is 1. The molecule has 0 amide bonds. The van der Waals surface area contributed by atoms with Crippen LogP contribution in [0.15, 0.2) is 5.16 Å². The number of carbonyl (C=O) groups is 2. The highest BCUT2D eigenvalue weighted by molar-refractivity contribution is 5.99. The molecule has 35 heavy (non-hydrogen) atoms. The van der Waals surface area contributed by atoms with E-state index in [4.69, 9.17) is 14.3 Å². The predicted octanol–water partition coefficient (Wildman–Crippen LogP) is 3.71. The fraction of sp³-hybridized carbons (Fsp3) is 0.885. The van der Waals surface area contributed by atoms with Crippen molar-refractivity contribution < 1.29 is 38.5 Å². The van der Waals surface area contributed by atoms with Gasteiger partial charge in [0.25, 0.3) is 0 Å². The molecule has 1 heterocycles. The fourth-order valence-electron chi connectivity index (χ4n) is 5.03. The van der Waals surface area contributed by atoms with Gasteiger partial charge in [0.2, 0.25) is 0 Å². The molecule has 204 valence electrons. The minimum Gasteiger partial charge on any atom is -0.459 e. The van der Waals surface area contributed by atoms with Crippen LogP contribution in [0.1, 0.15) is 74.7 Å². The van der Waals surface area contributed by atoms with Gasteiger partial charge in [-0.2, -0.15) is 0 Å². The number of hydrogen-bond donors (Lipinski definition) is 2. The van der Waals surface area contributed by atoms with E-state index in [9.17, 15) is 24.2 Å². The van der Waals surface area contributed by atoms with E-state index in [1.807, 2.05) is 20.8 Å². The van der Waals surface area contributed by atoms with Crippen LogP contribution in [0.2, 0.25) is 0 Å². The van der Waals surface area contributed by atoms with Gasteiger partial charge in [0.15, 0.2) is 0 Å². The van der Waals surface area contributed by atoms with Crippen molar-refractivity contribution in [3.8, 4) is 0 Å². The zero-order valence-electron chi connectivity index (χ0n) is 22.8. The summed E-state index contributed by atoms with van der Waals surface area (Å²) in [4.78, 5) is 31.5. The van der Waals surface area contributed by atoms with Crippen LogP contribution in [0.25, 0.3) is 0 Å². The van der Waals surface area contributed by atoms with Gasteiger partial charge in [0.1, 0.15) is 30.0 Å². The van der Waals surface area contributed by atoms with Gasteiger partial charge in [-0.1, -0.05) is 39.8 Å². The highest BCUT2D eigenvalue weighted by Gasteiger charge is 2.48. The zero-order chi connectivity index (χ0) is 27.1. The summed E-state index contributed by atoms with van der Waals surface area (Å²) in [6, 6.07) is 0. The Kier molecular flexibility index (Phi) is 11.8. The van der Waals surface area contributed by atoms with Crippen LogP contribution < -0.4 is 0 Å². The molecule has 0 unspecified atom stereocenters.